The van der Waals surface area contributed by atoms with E-state index < -0.39 is 0 Å². The predicted octanol–water partition coefficient (Wildman–Crippen LogP) is 2.05. The monoisotopic (exact) mass is 268 g/mol. The van der Waals surface area contributed by atoms with Crippen LogP contribution in [0, 0.1) is 0 Å². The van der Waals surface area contributed by atoms with Crippen LogP contribution >= 0.6 is 11.3 Å². The number of aromatic nitrogens is 2. The summed E-state index contributed by atoms with van der Waals surface area (Å²) in [6, 6.07) is 11.2. The average Bonchev–Trinajstić information content (AvgIpc) is 3.09. The van der Waals surface area contributed by atoms with Gasteiger partial charge in [0.25, 0.3) is 5.56 Å². The van der Waals surface area contributed by atoms with Crippen LogP contribution in [0.1, 0.15) is 5.76 Å². The molecule has 0 fully saturated rings. The van der Waals surface area contributed by atoms with Gasteiger partial charge >= 0.3 is 0 Å². The number of hydrogen-bond donors (Lipinski definition) is 0. The Morgan fingerprint density at radius 2 is 2.11 bits per heavy atom. The van der Waals surface area contributed by atoms with Gasteiger partial charge in [0.1, 0.15) is 10.3 Å². The summed E-state index contributed by atoms with van der Waals surface area (Å²) in [5.41, 5.74) is 1.64. The van der Waals surface area contributed by atoms with Crippen molar-refractivity contribution in [2.75, 3.05) is 0 Å². The molecule has 0 aliphatic heterocycles. The van der Waals surface area contributed by atoms with Crippen molar-refractivity contribution in [2.45, 2.75) is 0 Å². The minimum absolute atomic E-state index is 0.0508. The van der Waals surface area contributed by atoms with Gasteiger partial charge in [-0.2, -0.15) is 0 Å². The summed E-state index contributed by atoms with van der Waals surface area (Å²) in [5.74, 6) is 0.672. The van der Waals surface area contributed by atoms with Crippen LogP contribution in [0.4, 0.5) is 0 Å². The Morgan fingerprint density at radius 3 is 2.95 bits per heavy atom. The highest BCUT2D eigenvalue weighted by Crippen LogP contribution is 2.15. The zero-order valence-corrected chi connectivity index (χ0v) is 10.6. The Balaban J connectivity index is 2.11. The standard InChI is InChI=1S/C14H8N2O2S/c17-13-12(8-9-4-3-7-18-9)19-14-15-10-5-1-2-6-11(10)16(13)14/h1-8H/b12-8-. The number of thiazole rings is 1. The van der Waals surface area contributed by atoms with Crippen molar-refractivity contribution in [1.29, 1.82) is 0 Å². The lowest BCUT2D eigenvalue weighted by Gasteiger charge is -1.86. The lowest BCUT2D eigenvalue weighted by Crippen LogP contribution is -2.22. The van der Waals surface area contributed by atoms with Gasteiger partial charge in [0, 0.05) is 6.08 Å². The van der Waals surface area contributed by atoms with Gasteiger partial charge in [-0.25, -0.2) is 9.38 Å². The van der Waals surface area contributed by atoms with Gasteiger partial charge < -0.3 is 4.42 Å². The van der Waals surface area contributed by atoms with E-state index in [1.165, 1.54) is 11.3 Å². The van der Waals surface area contributed by atoms with E-state index in [-0.39, 0.29) is 5.56 Å². The maximum absolute atomic E-state index is 12.4. The molecular formula is C14H8N2O2S. The van der Waals surface area contributed by atoms with Gasteiger partial charge in [-0.15, -0.1) is 0 Å². The van der Waals surface area contributed by atoms with Crippen LogP contribution in [0.2, 0.25) is 0 Å². The fourth-order valence-electron chi connectivity index (χ4n) is 2.11. The molecule has 4 aromatic rings. The molecule has 0 N–H and O–H groups in total. The van der Waals surface area contributed by atoms with Gasteiger partial charge in [0.05, 0.1) is 17.3 Å². The van der Waals surface area contributed by atoms with Crippen molar-refractivity contribution in [3.63, 3.8) is 0 Å². The fourth-order valence-corrected chi connectivity index (χ4v) is 3.08. The first-order chi connectivity index (χ1) is 9.33. The molecule has 4 nitrogen and oxygen atoms in total. The smallest absolute Gasteiger partial charge is 0.275 e. The van der Waals surface area contributed by atoms with Crippen LogP contribution in [-0.2, 0) is 0 Å². The Morgan fingerprint density at radius 1 is 1.21 bits per heavy atom. The van der Waals surface area contributed by atoms with Crippen LogP contribution in [0.3, 0.4) is 0 Å². The van der Waals surface area contributed by atoms with Crippen molar-refractivity contribution in [3.05, 3.63) is 63.3 Å². The normalized spacial score (nSPS) is 12.7. The van der Waals surface area contributed by atoms with Crippen LogP contribution in [0.15, 0.2) is 51.9 Å². The van der Waals surface area contributed by atoms with Crippen molar-refractivity contribution in [1.82, 2.24) is 9.38 Å². The third-order valence-electron chi connectivity index (χ3n) is 2.96. The summed E-state index contributed by atoms with van der Waals surface area (Å²) in [5, 5.41) is 0. The highest BCUT2D eigenvalue weighted by molar-refractivity contribution is 7.15. The van der Waals surface area contributed by atoms with Crippen molar-refractivity contribution >= 4 is 33.4 Å². The molecule has 0 bridgehead atoms. The SMILES string of the molecule is O=c1/c(=C/c2ccco2)sc2nc3ccccc3n12. The Kier molecular flexibility index (Phi) is 2.10. The van der Waals surface area contributed by atoms with E-state index in [1.807, 2.05) is 30.3 Å². The molecule has 0 atom stereocenters. The van der Waals surface area contributed by atoms with Gasteiger partial charge in [-0.05, 0) is 24.3 Å². The lowest BCUT2D eigenvalue weighted by atomic mass is 10.3. The number of benzene rings is 1. The molecule has 92 valence electrons. The van der Waals surface area contributed by atoms with E-state index in [1.54, 1.807) is 22.8 Å². The number of para-hydroxylation sites is 2. The highest BCUT2D eigenvalue weighted by Gasteiger charge is 2.10. The van der Waals surface area contributed by atoms with Gasteiger partial charge in [-0.1, -0.05) is 23.5 Å². The lowest BCUT2D eigenvalue weighted by molar-refractivity contribution is 0.556. The van der Waals surface area contributed by atoms with E-state index in [2.05, 4.69) is 4.98 Å². The molecule has 0 saturated carbocycles. The van der Waals surface area contributed by atoms with E-state index in [0.717, 1.165) is 11.0 Å². The largest absolute Gasteiger partial charge is 0.465 e. The summed E-state index contributed by atoms with van der Waals surface area (Å²) < 4.78 is 7.51. The highest BCUT2D eigenvalue weighted by atomic mass is 32.1. The number of furan rings is 1. The van der Waals surface area contributed by atoms with Crippen molar-refractivity contribution in [3.8, 4) is 0 Å². The number of rotatable bonds is 1. The summed E-state index contributed by atoms with van der Waals surface area (Å²) in [7, 11) is 0. The fraction of sp³-hybridized carbons (Fsp3) is 0. The molecule has 19 heavy (non-hydrogen) atoms. The third kappa shape index (κ3) is 1.52. The number of fused-ring (bicyclic) bond motifs is 3. The molecule has 3 heterocycles. The molecule has 1 aromatic carbocycles. The molecular weight excluding hydrogens is 260 g/mol. The van der Waals surface area contributed by atoms with Crippen LogP contribution in [0.5, 0.6) is 0 Å². The maximum atomic E-state index is 12.4. The second-order valence-electron chi connectivity index (χ2n) is 4.15. The molecule has 0 amide bonds. The summed E-state index contributed by atoms with van der Waals surface area (Å²) in [6.45, 7) is 0. The minimum Gasteiger partial charge on any atom is -0.465 e. The minimum atomic E-state index is -0.0508. The number of nitrogens with zero attached hydrogens (tertiary/aromatic N) is 2. The first-order valence-electron chi connectivity index (χ1n) is 5.78. The molecule has 0 radical (unpaired) electrons. The summed E-state index contributed by atoms with van der Waals surface area (Å²) in [6.07, 6.45) is 3.33. The average molecular weight is 268 g/mol. The molecule has 0 unspecified atom stereocenters. The zero-order valence-electron chi connectivity index (χ0n) is 9.74. The van der Waals surface area contributed by atoms with Gasteiger partial charge in [-0.3, -0.25) is 4.79 Å². The van der Waals surface area contributed by atoms with Crippen LogP contribution < -0.4 is 10.1 Å². The van der Waals surface area contributed by atoms with Crippen LogP contribution in [0.25, 0.3) is 22.1 Å². The zero-order chi connectivity index (χ0) is 12.8. The first-order valence-corrected chi connectivity index (χ1v) is 6.60. The number of imidazole rings is 1. The predicted molar refractivity (Wildman–Crippen MR) is 74.3 cm³/mol. The molecule has 0 aliphatic carbocycles. The maximum Gasteiger partial charge on any atom is 0.275 e. The Labute approximate surface area is 111 Å². The topological polar surface area (TPSA) is 47.5 Å². The van der Waals surface area contributed by atoms with Gasteiger partial charge in [0.15, 0.2) is 4.96 Å². The molecule has 0 aliphatic rings. The van der Waals surface area contributed by atoms with E-state index in [9.17, 15) is 4.79 Å². The van der Waals surface area contributed by atoms with E-state index >= 15 is 0 Å². The molecule has 5 heteroatoms. The summed E-state index contributed by atoms with van der Waals surface area (Å²) in [4.78, 5) is 17.6. The quantitative estimate of drug-likeness (QED) is 0.531. The van der Waals surface area contributed by atoms with Crippen molar-refractivity contribution < 1.29 is 4.42 Å². The molecule has 0 spiro atoms. The van der Waals surface area contributed by atoms with Crippen molar-refractivity contribution in [2.24, 2.45) is 0 Å². The summed E-state index contributed by atoms with van der Waals surface area (Å²) >= 11 is 1.37. The molecule has 0 saturated heterocycles. The number of hydrogen-bond acceptors (Lipinski definition) is 4. The Bertz CT molecular complexity index is 980. The van der Waals surface area contributed by atoms with Gasteiger partial charge in [0.2, 0.25) is 0 Å². The van der Waals surface area contributed by atoms with Crippen LogP contribution in [-0.4, -0.2) is 9.38 Å². The molecule has 3 aromatic heterocycles. The third-order valence-corrected chi connectivity index (χ3v) is 3.93. The first kappa shape index (κ1) is 10.5. The molecule has 4 rings (SSSR count). The Hall–Kier alpha value is -2.40. The second kappa shape index (κ2) is 3.80. The second-order valence-corrected chi connectivity index (χ2v) is 5.16. The van der Waals surface area contributed by atoms with E-state index in [0.29, 0.717) is 15.3 Å². The van der Waals surface area contributed by atoms with E-state index in [4.69, 9.17) is 4.42 Å².